The third-order valence-corrected chi connectivity index (χ3v) is 7.16. The summed E-state index contributed by atoms with van der Waals surface area (Å²) in [6.45, 7) is 1.74. The Morgan fingerprint density at radius 2 is 1.43 bits per heavy atom. The lowest BCUT2D eigenvalue weighted by molar-refractivity contribution is 0.584. The molecule has 0 atom stereocenters. The van der Waals surface area contributed by atoms with Crippen molar-refractivity contribution in [1.29, 1.82) is 0 Å². The molecule has 2 rings (SSSR count). The van der Waals surface area contributed by atoms with Crippen molar-refractivity contribution < 1.29 is 4.57 Å². The maximum atomic E-state index is 13.6. The predicted octanol–water partition coefficient (Wildman–Crippen LogP) is 2.95. The van der Waals surface area contributed by atoms with Gasteiger partial charge in [0.1, 0.15) is 7.14 Å². The summed E-state index contributed by atoms with van der Waals surface area (Å²) in [7, 11) is -2.54. The van der Waals surface area contributed by atoms with Crippen LogP contribution >= 0.6 is 18.9 Å². The van der Waals surface area contributed by atoms with E-state index in [9.17, 15) is 4.57 Å². The molecule has 0 unspecified atom stereocenters. The maximum Gasteiger partial charge on any atom is 0.144 e. The van der Waals surface area contributed by atoms with Gasteiger partial charge in [-0.1, -0.05) is 60.7 Å². The van der Waals surface area contributed by atoms with E-state index < -0.39 is 7.14 Å². The quantitative estimate of drug-likeness (QED) is 0.599. The van der Waals surface area contributed by atoms with E-state index in [-0.39, 0.29) is 0 Å². The first kappa shape index (κ1) is 16.4. The fraction of sp³-hybridized carbons (Fsp3) is 0.294. The van der Waals surface area contributed by atoms with E-state index in [1.54, 1.807) is 0 Å². The highest BCUT2D eigenvalue weighted by Gasteiger charge is 2.26. The van der Waals surface area contributed by atoms with Crippen LogP contribution in [0.15, 0.2) is 60.7 Å². The summed E-state index contributed by atoms with van der Waals surface area (Å²) in [5.74, 6) is 1.08. The number of thioether (sulfide) groups is 1. The molecule has 21 heavy (non-hydrogen) atoms. The Balaban J connectivity index is 2.18. The summed E-state index contributed by atoms with van der Waals surface area (Å²) < 4.78 is 13.6. The molecule has 0 aliphatic heterocycles. The molecule has 0 saturated carbocycles. The van der Waals surface area contributed by atoms with Gasteiger partial charge in [-0.25, -0.2) is 0 Å². The number of hydrogen-bond donors (Lipinski definition) is 1. The molecule has 0 saturated heterocycles. The Hall–Kier alpha value is -1.02. The molecule has 0 aromatic heterocycles. The van der Waals surface area contributed by atoms with Crippen LogP contribution in [0.25, 0.3) is 0 Å². The first-order valence-electron chi connectivity index (χ1n) is 7.17. The van der Waals surface area contributed by atoms with Crippen LogP contribution in [-0.4, -0.2) is 31.3 Å². The summed E-state index contributed by atoms with van der Waals surface area (Å²) in [4.78, 5) is 0. The maximum absolute atomic E-state index is 13.6. The molecule has 2 aromatic rings. The second-order valence-corrected chi connectivity index (χ2v) is 8.82. The minimum Gasteiger partial charge on any atom is -0.315 e. The number of nitrogens with one attached hydrogen (secondary N) is 1. The van der Waals surface area contributed by atoms with Crippen molar-refractivity contribution in [3.63, 3.8) is 0 Å². The zero-order valence-corrected chi connectivity index (χ0v) is 14.1. The third-order valence-electron chi connectivity index (χ3n) is 3.43. The molecule has 4 heteroatoms. The molecule has 112 valence electrons. The Bertz CT molecular complexity index is 530. The lowest BCUT2D eigenvalue weighted by Gasteiger charge is -2.19. The number of benzene rings is 2. The fourth-order valence-electron chi connectivity index (χ4n) is 2.28. The van der Waals surface area contributed by atoms with Gasteiger partial charge in [0.25, 0.3) is 0 Å². The van der Waals surface area contributed by atoms with Crippen LogP contribution in [-0.2, 0) is 4.57 Å². The Labute approximate surface area is 131 Å². The highest BCUT2D eigenvalue weighted by Crippen LogP contribution is 2.42. The van der Waals surface area contributed by atoms with E-state index in [1.807, 2.05) is 72.4 Å². The summed E-state index contributed by atoms with van der Waals surface area (Å²) in [5.41, 5.74) is 0. The average molecular weight is 319 g/mol. The van der Waals surface area contributed by atoms with E-state index in [1.165, 1.54) is 0 Å². The van der Waals surface area contributed by atoms with Crippen LogP contribution in [0.1, 0.15) is 0 Å². The predicted molar refractivity (Wildman–Crippen MR) is 95.9 cm³/mol. The molecule has 0 heterocycles. The monoisotopic (exact) mass is 319 g/mol. The van der Waals surface area contributed by atoms with Crippen molar-refractivity contribution >= 4 is 29.5 Å². The lowest BCUT2D eigenvalue weighted by Crippen LogP contribution is -2.26. The number of rotatable bonds is 8. The van der Waals surface area contributed by atoms with E-state index in [4.69, 9.17) is 0 Å². The van der Waals surface area contributed by atoms with Crippen molar-refractivity contribution in [3.8, 4) is 0 Å². The topological polar surface area (TPSA) is 29.1 Å². The highest BCUT2D eigenvalue weighted by atomic mass is 32.2. The first-order valence-corrected chi connectivity index (χ1v) is 10.5. The van der Waals surface area contributed by atoms with Crippen LogP contribution in [0.4, 0.5) is 0 Å². The van der Waals surface area contributed by atoms with Crippen molar-refractivity contribution in [1.82, 2.24) is 5.32 Å². The van der Waals surface area contributed by atoms with E-state index in [0.29, 0.717) is 6.16 Å². The van der Waals surface area contributed by atoms with Crippen molar-refractivity contribution in [2.75, 3.05) is 31.3 Å². The van der Waals surface area contributed by atoms with Crippen molar-refractivity contribution in [2.24, 2.45) is 0 Å². The van der Waals surface area contributed by atoms with Gasteiger partial charge < -0.3 is 9.88 Å². The smallest absolute Gasteiger partial charge is 0.144 e. The lowest BCUT2D eigenvalue weighted by atomic mass is 10.4. The largest absolute Gasteiger partial charge is 0.315 e. The SMILES string of the molecule is CSCCNCCP(=O)(c1ccccc1)c1ccccc1. The van der Waals surface area contributed by atoms with Crippen LogP contribution < -0.4 is 15.9 Å². The fourth-order valence-corrected chi connectivity index (χ4v) is 5.22. The average Bonchev–Trinajstić information content (AvgIpc) is 2.56. The van der Waals surface area contributed by atoms with Gasteiger partial charge in [-0.15, -0.1) is 0 Å². The van der Waals surface area contributed by atoms with Crippen LogP contribution in [0.2, 0.25) is 0 Å². The molecule has 0 radical (unpaired) electrons. The summed E-state index contributed by atoms with van der Waals surface area (Å²) in [6, 6.07) is 19.7. The van der Waals surface area contributed by atoms with Gasteiger partial charge in [0.2, 0.25) is 0 Å². The minimum atomic E-state index is -2.54. The minimum absolute atomic E-state index is 0.662. The van der Waals surface area contributed by atoms with Gasteiger partial charge in [-0.2, -0.15) is 11.8 Å². The molecule has 0 amide bonds. The molecule has 0 fully saturated rings. The van der Waals surface area contributed by atoms with Gasteiger partial charge in [-0.05, 0) is 6.26 Å². The van der Waals surface area contributed by atoms with E-state index in [2.05, 4.69) is 11.6 Å². The standard InChI is InChI=1S/C17H22NOPS/c1-21-15-13-18-12-14-20(19,16-8-4-2-5-9-16)17-10-6-3-7-11-17/h2-11,18H,12-15H2,1H3. The van der Waals surface area contributed by atoms with Crippen LogP contribution in [0.3, 0.4) is 0 Å². The van der Waals surface area contributed by atoms with Crippen LogP contribution in [0, 0.1) is 0 Å². The van der Waals surface area contributed by atoms with Gasteiger partial charge >= 0.3 is 0 Å². The molecule has 0 aliphatic rings. The first-order chi connectivity index (χ1) is 10.3. The normalized spacial score (nSPS) is 11.5. The summed E-state index contributed by atoms with van der Waals surface area (Å²) in [6.07, 6.45) is 2.76. The van der Waals surface area contributed by atoms with Crippen molar-refractivity contribution in [2.45, 2.75) is 0 Å². The molecule has 0 aliphatic carbocycles. The third kappa shape index (κ3) is 4.47. The molecule has 2 nitrogen and oxygen atoms in total. The zero-order chi connectivity index (χ0) is 15.0. The van der Waals surface area contributed by atoms with Gasteiger partial charge in [0, 0.05) is 35.6 Å². The van der Waals surface area contributed by atoms with Crippen LogP contribution in [0.5, 0.6) is 0 Å². The summed E-state index contributed by atoms with van der Waals surface area (Å²) in [5, 5.41) is 5.28. The Morgan fingerprint density at radius 3 is 1.90 bits per heavy atom. The zero-order valence-electron chi connectivity index (χ0n) is 12.4. The molecular weight excluding hydrogens is 297 g/mol. The van der Waals surface area contributed by atoms with Crippen molar-refractivity contribution in [3.05, 3.63) is 60.7 Å². The molecule has 2 aromatic carbocycles. The van der Waals surface area contributed by atoms with Gasteiger partial charge in [-0.3, -0.25) is 0 Å². The van der Waals surface area contributed by atoms with Gasteiger partial charge in [0.05, 0.1) is 0 Å². The van der Waals surface area contributed by atoms with Gasteiger partial charge in [0.15, 0.2) is 0 Å². The molecular formula is C17H22NOPS. The summed E-state index contributed by atoms with van der Waals surface area (Å²) >= 11 is 1.82. The Morgan fingerprint density at radius 1 is 0.905 bits per heavy atom. The Kier molecular flexibility index (Phi) is 6.56. The second kappa shape index (κ2) is 8.43. The van der Waals surface area contributed by atoms with E-state index in [0.717, 1.165) is 29.5 Å². The molecule has 0 bridgehead atoms. The highest BCUT2D eigenvalue weighted by molar-refractivity contribution is 7.98. The number of hydrogen-bond acceptors (Lipinski definition) is 3. The molecule has 1 N–H and O–H groups in total. The van der Waals surface area contributed by atoms with E-state index >= 15 is 0 Å². The second-order valence-electron chi connectivity index (χ2n) is 4.88. The molecule has 0 spiro atoms.